The molecule has 4 heterocycles. The van der Waals surface area contributed by atoms with Gasteiger partial charge in [-0.1, -0.05) is 38.3 Å². The number of benzene rings is 1. The van der Waals surface area contributed by atoms with Crippen LogP contribution >= 0.6 is 0 Å². The average molecular weight is 519 g/mol. The first kappa shape index (κ1) is 24.6. The minimum absolute atomic E-state index is 0.108. The van der Waals surface area contributed by atoms with Gasteiger partial charge < -0.3 is 14.6 Å². The molecule has 38 heavy (non-hydrogen) atoms. The van der Waals surface area contributed by atoms with Crippen molar-refractivity contribution >= 4 is 22.8 Å². The molecule has 204 valence electrons. The second-order valence-corrected chi connectivity index (χ2v) is 13.1. The smallest absolute Gasteiger partial charge is 0.326 e. The molecule has 7 nitrogen and oxygen atoms in total. The third kappa shape index (κ3) is 4.07. The fourth-order valence-electron chi connectivity index (χ4n) is 9.24. The van der Waals surface area contributed by atoms with Crippen LogP contribution in [-0.2, 0) is 4.79 Å². The van der Waals surface area contributed by atoms with Crippen molar-refractivity contribution in [1.29, 1.82) is 0 Å². The van der Waals surface area contributed by atoms with Gasteiger partial charge in [-0.25, -0.2) is 9.78 Å². The number of para-hydroxylation sites is 2. The van der Waals surface area contributed by atoms with E-state index >= 15 is 0 Å². The minimum Gasteiger partial charge on any atom is -0.480 e. The van der Waals surface area contributed by atoms with E-state index in [9.17, 15) is 14.7 Å². The molecule has 2 aliphatic carbocycles. The van der Waals surface area contributed by atoms with E-state index < -0.39 is 12.0 Å². The molecule has 1 aromatic heterocycles. The monoisotopic (exact) mass is 518 g/mol. The van der Waals surface area contributed by atoms with Crippen molar-refractivity contribution in [2.75, 3.05) is 11.4 Å². The molecular formula is C31H42N4O3. The lowest BCUT2D eigenvalue weighted by molar-refractivity contribution is -0.140. The largest absolute Gasteiger partial charge is 0.480 e. The van der Waals surface area contributed by atoms with E-state index in [0.29, 0.717) is 36.9 Å². The van der Waals surface area contributed by atoms with Gasteiger partial charge in [0, 0.05) is 30.7 Å². The van der Waals surface area contributed by atoms with Gasteiger partial charge in [0.15, 0.2) is 5.82 Å². The maximum absolute atomic E-state index is 14.0. The van der Waals surface area contributed by atoms with Gasteiger partial charge in [-0.15, -0.1) is 0 Å². The molecule has 5 aliphatic rings. The first-order valence-corrected chi connectivity index (χ1v) is 15.3. The van der Waals surface area contributed by atoms with Gasteiger partial charge in [-0.3, -0.25) is 9.69 Å². The molecule has 5 fully saturated rings. The topological polar surface area (TPSA) is 78.7 Å². The Hall–Kier alpha value is -2.41. The maximum atomic E-state index is 14.0. The van der Waals surface area contributed by atoms with Crippen LogP contribution in [0.2, 0.25) is 0 Å². The molecule has 4 bridgehead atoms. The molecule has 7 rings (SSSR count). The van der Waals surface area contributed by atoms with E-state index in [1.165, 1.54) is 57.8 Å². The molecular weight excluding hydrogens is 476 g/mol. The van der Waals surface area contributed by atoms with Gasteiger partial charge in [-0.05, 0) is 87.7 Å². The highest BCUT2D eigenvalue weighted by Crippen LogP contribution is 2.47. The van der Waals surface area contributed by atoms with Crippen LogP contribution in [-0.4, -0.2) is 56.2 Å². The zero-order valence-corrected chi connectivity index (χ0v) is 22.7. The van der Waals surface area contributed by atoms with E-state index in [0.717, 1.165) is 41.6 Å². The van der Waals surface area contributed by atoms with Crippen molar-refractivity contribution in [3.8, 4) is 0 Å². The molecule has 7 heteroatoms. The van der Waals surface area contributed by atoms with Crippen molar-refractivity contribution in [2.45, 2.75) is 114 Å². The molecule has 0 spiro atoms. The Bertz CT molecular complexity index is 1260. The average Bonchev–Trinajstić information content (AvgIpc) is 3.22. The summed E-state index contributed by atoms with van der Waals surface area (Å²) in [6.45, 7) is 3.05. The number of nitrogens with zero attached hydrogens (tertiary/aromatic N) is 4. The highest BCUT2D eigenvalue weighted by Gasteiger charge is 2.45. The van der Waals surface area contributed by atoms with Gasteiger partial charge >= 0.3 is 5.97 Å². The third-order valence-corrected chi connectivity index (χ3v) is 11.0. The summed E-state index contributed by atoms with van der Waals surface area (Å²) in [7, 11) is 0. The highest BCUT2D eigenvalue weighted by atomic mass is 16.4. The SMILES string of the molecule is CC1C[C@@H]2C[C@H]1CCC[C@H](N1[C@@H]3CCC[C@H]1CC(n1c(=O)c(N4CC[C@@H]4C(=O)O)nc4ccccc41)C3)C2. The molecule has 2 aromatic rings. The number of aliphatic carboxylic acids is 1. The van der Waals surface area contributed by atoms with Crippen LogP contribution in [0.1, 0.15) is 90.0 Å². The fraction of sp³-hybridized carbons (Fsp3) is 0.710. The van der Waals surface area contributed by atoms with Crippen LogP contribution in [0, 0.1) is 17.8 Å². The Balaban J connectivity index is 1.21. The van der Waals surface area contributed by atoms with Crippen molar-refractivity contribution in [3.05, 3.63) is 34.6 Å². The van der Waals surface area contributed by atoms with Gasteiger partial charge in [0.05, 0.1) is 11.0 Å². The number of carbonyl (C=O) groups is 1. The van der Waals surface area contributed by atoms with Crippen molar-refractivity contribution in [2.24, 2.45) is 17.8 Å². The van der Waals surface area contributed by atoms with Crippen LogP contribution in [0.3, 0.4) is 0 Å². The predicted molar refractivity (Wildman–Crippen MR) is 149 cm³/mol. The summed E-state index contributed by atoms with van der Waals surface area (Å²) < 4.78 is 2.01. The van der Waals surface area contributed by atoms with E-state index in [1.807, 2.05) is 28.8 Å². The van der Waals surface area contributed by atoms with Crippen molar-refractivity contribution < 1.29 is 9.90 Å². The number of hydrogen-bond acceptors (Lipinski definition) is 5. The zero-order chi connectivity index (χ0) is 26.0. The number of fused-ring (bicyclic) bond motifs is 5. The summed E-state index contributed by atoms with van der Waals surface area (Å²) in [4.78, 5) is 35.2. The summed E-state index contributed by atoms with van der Waals surface area (Å²) in [5, 5.41) is 9.66. The van der Waals surface area contributed by atoms with Gasteiger partial charge in [0.1, 0.15) is 6.04 Å². The number of anilines is 1. The van der Waals surface area contributed by atoms with Crippen LogP contribution in [0.5, 0.6) is 0 Å². The normalized spacial score (nSPS) is 37.4. The number of piperidine rings is 2. The van der Waals surface area contributed by atoms with Crippen LogP contribution < -0.4 is 10.5 Å². The summed E-state index contributed by atoms with van der Waals surface area (Å²) in [5.41, 5.74) is 1.57. The lowest BCUT2D eigenvalue weighted by Crippen LogP contribution is -2.58. The predicted octanol–water partition coefficient (Wildman–Crippen LogP) is 5.22. The minimum atomic E-state index is -0.873. The van der Waals surface area contributed by atoms with E-state index in [2.05, 4.69) is 11.8 Å². The molecule has 1 N–H and O–H groups in total. The van der Waals surface area contributed by atoms with Crippen molar-refractivity contribution in [1.82, 2.24) is 14.5 Å². The molecule has 8 atom stereocenters. The van der Waals surface area contributed by atoms with Gasteiger partial charge in [0.2, 0.25) is 0 Å². The van der Waals surface area contributed by atoms with E-state index in [1.54, 1.807) is 4.90 Å². The summed E-state index contributed by atoms with van der Waals surface area (Å²) >= 11 is 0. The first-order chi connectivity index (χ1) is 18.5. The second-order valence-electron chi connectivity index (χ2n) is 13.1. The molecule has 1 aromatic carbocycles. The van der Waals surface area contributed by atoms with E-state index in [-0.39, 0.29) is 11.6 Å². The summed E-state index contributed by atoms with van der Waals surface area (Å²) in [6, 6.07) is 9.17. The Morgan fingerprint density at radius 1 is 0.895 bits per heavy atom. The Morgan fingerprint density at radius 2 is 1.61 bits per heavy atom. The third-order valence-electron chi connectivity index (χ3n) is 11.0. The van der Waals surface area contributed by atoms with Gasteiger partial charge in [0.25, 0.3) is 5.56 Å². The molecule has 2 saturated carbocycles. The summed E-state index contributed by atoms with van der Waals surface area (Å²) in [6.07, 6.45) is 14.7. The molecule has 2 unspecified atom stereocenters. The van der Waals surface area contributed by atoms with Crippen LogP contribution in [0.25, 0.3) is 11.0 Å². The molecule has 0 amide bonds. The highest BCUT2D eigenvalue weighted by molar-refractivity contribution is 5.81. The standard InChI is InChI=1S/C31H42N4O3/c1-19-14-20-15-21(19)6-4-7-22(16-20)34-23-8-5-9-24(34)18-25(17-23)35-27-11-3-2-10-26(27)32-29(30(35)36)33-13-12-28(33)31(37)38/h2-3,10-11,19-25,28H,4-9,12-18H2,1H3,(H,37,38)/t19?,20-,21-,22+,23-,24+,25?,28-/m1/s1. The number of hydrogen-bond donors (Lipinski definition) is 1. The van der Waals surface area contributed by atoms with Crippen LogP contribution in [0.4, 0.5) is 5.82 Å². The lowest BCUT2D eigenvalue weighted by Gasteiger charge is -2.53. The fourth-order valence-corrected chi connectivity index (χ4v) is 9.24. The Labute approximate surface area is 225 Å². The molecule has 0 radical (unpaired) electrons. The molecule has 3 saturated heterocycles. The quantitative estimate of drug-likeness (QED) is 0.598. The zero-order valence-electron chi connectivity index (χ0n) is 22.7. The van der Waals surface area contributed by atoms with Crippen molar-refractivity contribution in [3.63, 3.8) is 0 Å². The summed E-state index contributed by atoms with van der Waals surface area (Å²) in [5.74, 6) is 2.20. The Morgan fingerprint density at radius 3 is 2.32 bits per heavy atom. The number of aromatic nitrogens is 2. The second kappa shape index (κ2) is 9.65. The van der Waals surface area contributed by atoms with Crippen LogP contribution in [0.15, 0.2) is 29.1 Å². The number of carboxylic acid groups (broad SMARTS) is 1. The maximum Gasteiger partial charge on any atom is 0.326 e. The lowest BCUT2D eigenvalue weighted by atomic mass is 9.78. The van der Waals surface area contributed by atoms with Gasteiger partial charge in [-0.2, -0.15) is 0 Å². The Kier molecular flexibility index (Phi) is 6.25. The molecule has 3 aliphatic heterocycles. The number of carboxylic acids is 1. The first-order valence-electron chi connectivity index (χ1n) is 15.3. The van der Waals surface area contributed by atoms with E-state index in [4.69, 9.17) is 4.98 Å². The number of rotatable bonds is 4.